The third kappa shape index (κ3) is 5.20. The van der Waals surface area contributed by atoms with E-state index in [0.29, 0.717) is 24.3 Å². The summed E-state index contributed by atoms with van der Waals surface area (Å²) < 4.78 is 27.4. The Kier molecular flexibility index (Phi) is 6.83. The molecule has 0 aliphatic carbocycles. The molecular weight excluding hydrogens is 368 g/mol. The van der Waals surface area contributed by atoms with Crippen molar-refractivity contribution in [3.8, 4) is 0 Å². The van der Waals surface area contributed by atoms with Crippen molar-refractivity contribution in [3.05, 3.63) is 23.8 Å². The lowest BCUT2D eigenvalue weighted by molar-refractivity contribution is -0.118. The van der Waals surface area contributed by atoms with Crippen molar-refractivity contribution in [2.24, 2.45) is 11.7 Å². The number of nitrogens with zero attached hydrogens (tertiary/aromatic N) is 1. The fourth-order valence-electron chi connectivity index (χ4n) is 3.11. The molecule has 0 spiro atoms. The van der Waals surface area contributed by atoms with Crippen LogP contribution in [0.4, 0.5) is 10.5 Å². The van der Waals surface area contributed by atoms with Gasteiger partial charge in [-0.1, -0.05) is 26.3 Å². The van der Waals surface area contributed by atoms with Crippen molar-refractivity contribution in [2.75, 3.05) is 18.4 Å². The second-order valence-electron chi connectivity index (χ2n) is 7.16. The predicted molar refractivity (Wildman–Crippen MR) is 104 cm³/mol. The zero-order valence-corrected chi connectivity index (χ0v) is 16.8. The lowest BCUT2D eigenvalue weighted by Crippen LogP contribution is -2.49. The fourth-order valence-corrected chi connectivity index (χ4v) is 4.88. The molecule has 0 saturated carbocycles. The van der Waals surface area contributed by atoms with Gasteiger partial charge in [0, 0.05) is 18.8 Å². The molecule has 1 heterocycles. The predicted octanol–water partition coefficient (Wildman–Crippen LogP) is 1.80. The minimum atomic E-state index is -3.61. The summed E-state index contributed by atoms with van der Waals surface area (Å²) in [5.41, 5.74) is 6.11. The summed E-state index contributed by atoms with van der Waals surface area (Å²) in [6.45, 7) is 6.31. The summed E-state index contributed by atoms with van der Waals surface area (Å²) >= 11 is 0. The van der Waals surface area contributed by atoms with Gasteiger partial charge in [0.15, 0.2) is 0 Å². The highest BCUT2D eigenvalue weighted by Gasteiger charge is 2.28. The summed E-state index contributed by atoms with van der Waals surface area (Å²) in [4.78, 5) is 23.8. The smallest absolute Gasteiger partial charge is 0.312 e. The maximum absolute atomic E-state index is 13.0. The first-order valence-electron chi connectivity index (χ1n) is 9.10. The average molecular weight is 397 g/mol. The highest BCUT2D eigenvalue weighted by atomic mass is 32.2. The largest absolute Gasteiger partial charge is 0.352 e. The second kappa shape index (κ2) is 8.71. The van der Waals surface area contributed by atoms with Crippen LogP contribution in [0.1, 0.15) is 38.7 Å². The van der Waals surface area contributed by atoms with Gasteiger partial charge >= 0.3 is 6.03 Å². The molecule has 1 aliphatic rings. The van der Waals surface area contributed by atoms with E-state index in [1.807, 2.05) is 0 Å². The van der Waals surface area contributed by atoms with Crippen molar-refractivity contribution in [1.82, 2.24) is 9.62 Å². The van der Waals surface area contributed by atoms with Crippen molar-refractivity contribution in [2.45, 2.75) is 51.0 Å². The summed E-state index contributed by atoms with van der Waals surface area (Å²) in [5.74, 6) is -0.631. The number of aryl methyl sites for hydroxylation is 1. The van der Waals surface area contributed by atoms with E-state index < -0.39 is 28.0 Å². The minimum Gasteiger partial charge on any atom is -0.352 e. The molecule has 4 N–H and O–H groups in total. The van der Waals surface area contributed by atoms with Gasteiger partial charge in [-0.2, -0.15) is 4.31 Å². The Morgan fingerprint density at radius 2 is 1.78 bits per heavy atom. The number of amides is 3. The number of anilines is 1. The molecule has 1 atom stereocenters. The number of carbonyl (C=O) groups is 2. The number of primary amides is 1. The Hall–Kier alpha value is -2.13. The Balaban J connectivity index is 2.26. The van der Waals surface area contributed by atoms with Crippen LogP contribution in [0, 0.1) is 12.8 Å². The van der Waals surface area contributed by atoms with Crippen molar-refractivity contribution in [1.29, 1.82) is 0 Å². The number of hydrogen-bond donors (Lipinski definition) is 3. The maximum Gasteiger partial charge on any atom is 0.312 e. The summed E-state index contributed by atoms with van der Waals surface area (Å²) in [6, 6.07) is 3.17. The summed E-state index contributed by atoms with van der Waals surface area (Å²) in [6.07, 6.45) is 2.73. The molecule has 8 nitrogen and oxygen atoms in total. The van der Waals surface area contributed by atoms with Gasteiger partial charge in [-0.05, 0) is 43.4 Å². The van der Waals surface area contributed by atoms with Crippen LogP contribution in [0.3, 0.4) is 0 Å². The van der Waals surface area contributed by atoms with E-state index >= 15 is 0 Å². The van der Waals surface area contributed by atoms with Gasteiger partial charge < -0.3 is 16.4 Å². The van der Waals surface area contributed by atoms with E-state index in [1.165, 1.54) is 10.4 Å². The third-order valence-electron chi connectivity index (χ3n) is 4.64. The first kappa shape index (κ1) is 21.2. The van der Waals surface area contributed by atoms with Gasteiger partial charge in [-0.3, -0.25) is 4.79 Å². The maximum atomic E-state index is 13.0. The molecule has 1 aliphatic heterocycles. The average Bonchev–Trinajstić information content (AvgIpc) is 2.61. The van der Waals surface area contributed by atoms with Gasteiger partial charge in [0.25, 0.3) is 0 Å². The Morgan fingerprint density at radius 1 is 1.15 bits per heavy atom. The number of carbonyl (C=O) groups excluding carboxylic acids is 2. The lowest BCUT2D eigenvalue weighted by atomic mass is 10.0. The van der Waals surface area contributed by atoms with Crippen molar-refractivity contribution >= 4 is 27.6 Å². The molecule has 1 aromatic rings. The number of benzene rings is 1. The highest BCUT2D eigenvalue weighted by Crippen LogP contribution is 2.26. The molecule has 150 valence electrons. The van der Waals surface area contributed by atoms with Crippen molar-refractivity contribution in [3.63, 3.8) is 0 Å². The SMILES string of the molecule is Cc1ccc(NC(=O)[C@H](NC(N)=O)C(C)C)cc1S(=O)(=O)N1CCCCC1. The number of rotatable bonds is 6. The minimum absolute atomic E-state index is 0.181. The molecule has 0 unspecified atom stereocenters. The number of urea groups is 1. The zero-order chi connectivity index (χ0) is 20.2. The second-order valence-corrected chi connectivity index (χ2v) is 9.07. The third-order valence-corrected chi connectivity index (χ3v) is 6.68. The molecule has 1 fully saturated rings. The number of piperidine rings is 1. The van der Waals surface area contributed by atoms with E-state index in [4.69, 9.17) is 5.73 Å². The molecule has 0 aromatic heterocycles. The summed E-state index contributed by atoms with van der Waals surface area (Å²) in [7, 11) is -3.61. The number of nitrogens with two attached hydrogens (primary N) is 1. The molecule has 3 amide bonds. The van der Waals surface area contributed by atoms with Gasteiger partial charge in [0.05, 0.1) is 4.90 Å². The Labute approximate surface area is 160 Å². The Bertz CT molecular complexity index is 802. The Morgan fingerprint density at radius 3 is 2.33 bits per heavy atom. The van der Waals surface area contributed by atoms with Gasteiger partial charge in [0.1, 0.15) is 6.04 Å². The van der Waals surface area contributed by atoms with Crippen LogP contribution in [0.25, 0.3) is 0 Å². The van der Waals surface area contributed by atoms with Crippen LogP contribution in [-0.2, 0) is 14.8 Å². The molecule has 0 bridgehead atoms. The van der Waals surface area contributed by atoms with E-state index in [9.17, 15) is 18.0 Å². The highest BCUT2D eigenvalue weighted by molar-refractivity contribution is 7.89. The van der Waals surface area contributed by atoms with Gasteiger partial charge in [0.2, 0.25) is 15.9 Å². The lowest BCUT2D eigenvalue weighted by Gasteiger charge is -2.27. The molecule has 0 radical (unpaired) electrons. The first-order chi connectivity index (χ1) is 12.6. The van der Waals surface area contributed by atoms with Crippen LogP contribution < -0.4 is 16.4 Å². The fraction of sp³-hybridized carbons (Fsp3) is 0.556. The molecular formula is C18H28N4O4S. The topological polar surface area (TPSA) is 122 Å². The number of sulfonamides is 1. The van der Waals surface area contributed by atoms with Crippen LogP contribution in [-0.4, -0.2) is 43.8 Å². The summed E-state index contributed by atoms with van der Waals surface area (Å²) in [5, 5.41) is 5.09. The monoisotopic (exact) mass is 396 g/mol. The zero-order valence-electron chi connectivity index (χ0n) is 16.0. The molecule has 2 rings (SSSR count). The molecule has 9 heteroatoms. The molecule has 27 heavy (non-hydrogen) atoms. The van der Waals surface area contributed by atoms with E-state index in [0.717, 1.165) is 19.3 Å². The van der Waals surface area contributed by atoms with Crippen LogP contribution in [0.5, 0.6) is 0 Å². The van der Waals surface area contributed by atoms with Crippen LogP contribution >= 0.6 is 0 Å². The standard InChI is InChI=1S/C18H28N4O4S/c1-12(2)16(21-18(19)24)17(23)20-14-8-7-13(3)15(11-14)27(25,26)22-9-5-4-6-10-22/h7-8,11-12,16H,4-6,9-10H2,1-3H3,(H,20,23)(H3,19,21,24)/t16-/m1/s1. The van der Waals surface area contributed by atoms with Crippen LogP contribution in [0.15, 0.2) is 23.1 Å². The van der Waals surface area contributed by atoms with Gasteiger partial charge in [-0.25, -0.2) is 13.2 Å². The van der Waals surface area contributed by atoms with E-state index in [-0.39, 0.29) is 10.8 Å². The van der Waals surface area contributed by atoms with E-state index in [1.54, 1.807) is 32.9 Å². The molecule has 1 aromatic carbocycles. The quantitative estimate of drug-likeness (QED) is 0.679. The van der Waals surface area contributed by atoms with Gasteiger partial charge in [-0.15, -0.1) is 0 Å². The number of hydrogen-bond acceptors (Lipinski definition) is 4. The number of nitrogens with one attached hydrogen (secondary N) is 2. The van der Waals surface area contributed by atoms with Crippen LogP contribution in [0.2, 0.25) is 0 Å². The molecule has 1 saturated heterocycles. The van der Waals surface area contributed by atoms with E-state index in [2.05, 4.69) is 10.6 Å². The normalized spacial score (nSPS) is 16.7. The first-order valence-corrected chi connectivity index (χ1v) is 10.5. The van der Waals surface area contributed by atoms with Crippen molar-refractivity contribution < 1.29 is 18.0 Å².